The van der Waals surface area contributed by atoms with Gasteiger partial charge in [0.05, 0.1) is 6.21 Å². The molecule has 0 fully saturated rings. The van der Waals surface area contributed by atoms with Crippen molar-refractivity contribution >= 4 is 33.9 Å². The lowest BCUT2D eigenvalue weighted by atomic mass is 10.1. The highest BCUT2D eigenvalue weighted by Crippen LogP contribution is 2.29. The quantitative estimate of drug-likeness (QED) is 0.411. The summed E-state index contributed by atoms with van der Waals surface area (Å²) in [6, 6.07) is 22.1. The van der Waals surface area contributed by atoms with E-state index in [2.05, 4.69) is 58.4 Å². The Labute approximate surface area is 158 Å². The Morgan fingerprint density at radius 2 is 1.74 bits per heavy atom. The number of para-hydroxylation sites is 1. The number of aryl methyl sites for hydroxylation is 2. The predicted octanol–water partition coefficient (Wildman–Crippen LogP) is 4.89. The van der Waals surface area contributed by atoms with Gasteiger partial charge in [0.25, 0.3) is 5.91 Å². The topological polar surface area (TPSA) is 46.4 Å². The van der Waals surface area contributed by atoms with Crippen LogP contribution in [0, 0.1) is 6.92 Å². The largest absolute Gasteiger partial charge is 0.341 e. The number of nitrogens with zero attached hydrogens (tertiary/aromatic N) is 2. The Morgan fingerprint density at radius 1 is 1.00 bits per heavy atom. The van der Waals surface area contributed by atoms with Gasteiger partial charge < -0.3 is 4.57 Å². The molecule has 1 aromatic heterocycles. The molecule has 0 aliphatic carbocycles. The third-order valence-corrected chi connectivity index (χ3v) is 4.81. The Balaban J connectivity index is 1.61. The second-order valence-electron chi connectivity index (χ2n) is 6.60. The Kier molecular flexibility index (Phi) is 4.47. The molecule has 4 aromatic rings. The summed E-state index contributed by atoms with van der Waals surface area (Å²) in [5, 5.41) is 6.55. The van der Waals surface area contributed by atoms with E-state index < -0.39 is 0 Å². The van der Waals surface area contributed by atoms with Crippen LogP contribution in [0.1, 0.15) is 28.4 Å². The van der Waals surface area contributed by atoms with Crippen LogP contribution in [0.5, 0.6) is 0 Å². The summed E-state index contributed by atoms with van der Waals surface area (Å²) < 4.78 is 2.31. The van der Waals surface area contributed by atoms with Crippen LogP contribution in [0.4, 0.5) is 0 Å². The van der Waals surface area contributed by atoms with E-state index >= 15 is 0 Å². The van der Waals surface area contributed by atoms with Crippen LogP contribution in [0.3, 0.4) is 0 Å². The Hall–Kier alpha value is -3.40. The average molecular weight is 355 g/mol. The lowest BCUT2D eigenvalue weighted by Gasteiger charge is -2.03. The second-order valence-corrected chi connectivity index (χ2v) is 6.60. The van der Waals surface area contributed by atoms with Crippen molar-refractivity contribution in [3.63, 3.8) is 0 Å². The molecule has 134 valence electrons. The first-order valence-electron chi connectivity index (χ1n) is 9.08. The summed E-state index contributed by atoms with van der Waals surface area (Å²) in [5.41, 5.74) is 7.70. The van der Waals surface area contributed by atoms with Gasteiger partial charge in [-0.05, 0) is 49.7 Å². The molecule has 0 unspecified atom stereocenters. The molecule has 4 rings (SSSR count). The molecule has 3 aromatic carbocycles. The minimum atomic E-state index is -0.213. The highest BCUT2D eigenvalue weighted by atomic mass is 16.2. The van der Waals surface area contributed by atoms with E-state index in [1.165, 1.54) is 21.8 Å². The molecule has 0 bridgehead atoms. The van der Waals surface area contributed by atoms with Gasteiger partial charge in [0.2, 0.25) is 0 Å². The number of nitrogens with one attached hydrogen (secondary N) is 1. The standard InChI is InChI=1S/C23H21N3O/c1-3-26-21-7-5-4-6-19(21)20-14-17(10-13-22(20)26)15-24-25-23(27)18-11-8-16(2)9-12-18/h4-15H,3H2,1-2H3,(H,25,27)/b24-15-. The van der Waals surface area contributed by atoms with Crippen molar-refractivity contribution in [3.8, 4) is 0 Å². The molecule has 4 heteroatoms. The number of hydrazone groups is 1. The smallest absolute Gasteiger partial charge is 0.271 e. The minimum absolute atomic E-state index is 0.213. The van der Waals surface area contributed by atoms with Crippen LogP contribution in [-0.4, -0.2) is 16.7 Å². The van der Waals surface area contributed by atoms with Gasteiger partial charge in [-0.25, -0.2) is 5.43 Å². The van der Waals surface area contributed by atoms with Gasteiger partial charge in [-0.2, -0.15) is 5.10 Å². The summed E-state index contributed by atoms with van der Waals surface area (Å²) >= 11 is 0. The van der Waals surface area contributed by atoms with Gasteiger partial charge in [-0.3, -0.25) is 4.79 Å². The number of carbonyl (C=O) groups excluding carboxylic acids is 1. The normalized spacial score (nSPS) is 11.5. The highest BCUT2D eigenvalue weighted by Gasteiger charge is 2.09. The van der Waals surface area contributed by atoms with Gasteiger partial charge in [-0.15, -0.1) is 0 Å². The van der Waals surface area contributed by atoms with E-state index in [0.717, 1.165) is 17.7 Å². The Bertz CT molecular complexity index is 1150. The molecule has 0 saturated heterocycles. The SMILES string of the molecule is CCn1c2ccccc2c2cc(/C=N\NC(=O)c3ccc(C)cc3)ccc21. The number of fused-ring (bicyclic) bond motifs is 3. The Morgan fingerprint density at radius 3 is 2.52 bits per heavy atom. The van der Waals surface area contributed by atoms with Crippen LogP contribution in [0.25, 0.3) is 21.8 Å². The van der Waals surface area contributed by atoms with Crippen molar-refractivity contribution in [2.75, 3.05) is 0 Å². The highest BCUT2D eigenvalue weighted by molar-refractivity contribution is 6.09. The van der Waals surface area contributed by atoms with Crippen molar-refractivity contribution in [2.45, 2.75) is 20.4 Å². The molecule has 0 aliphatic rings. The van der Waals surface area contributed by atoms with Gasteiger partial charge in [0.1, 0.15) is 0 Å². The molecule has 4 nitrogen and oxygen atoms in total. The second kappa shape index (κ2) is 7.08. The van der Waals surface area contributed by atoms with E-state index in [-0.39, 0.29) is 5.91 Å². The van der Waals surface area contributed by atoms with Crippen LogP contribution in [0.2, 0.25) is 0 Å². The molecule has 0 aliphatic heterocycles. The van der Waals surface area contributed by atoms with Gasteiger partial charge in [0.15, 0.2) is 0 Å². The molecule has 0 radical (unpaired) electrons. The van der Waals surface area contributed by atoms with Gasteiger partial charge in [-0.1, -0.05) is 42.0 Å². The van der Waals surface area contributed by atoms with Crippen molar-refractivity contribution in [2.24, 2.45) is 5.10 Å². The van der Waals surface area contributed by atoms with Gasteiger partial charge in [0, 0.05) is 33.9 Å². The third kappa shape index (κ3) is 3.22. The first kappa shape index (κ1) is 17.0. The number of hydrogen-bond donors (Lipinski definition) is 1. The maximum absolute atomic E-state index is 12.1. The molecular formula is C23H21N3O. The minimum Gasteiger partial charge on any atom is -0.341 e. The fraction of sp³-hybridized carbons (Fsp3) is 0.130. The fourth-order valence-electron chi connectivity index (χ4n) is 3.43. The summed E-state index contributed by atoms with van der Waals surface area (Å²) in [4.78, 5) is 12.1. The van der Waals surface area contributed by atoms with Crippen molar-refractivity contribution in [1.82, 2.24) is 9.99 Å². The van der Waals surface area contributed by atoms with E-state index in [9.17, 15) is 4.79 Å². The molecular weight excluding hydrogens is 334 g/mol. The summed E-state index contributed by atoms with van der Waals surface area (Å²) in [6.45, 7) is 5.07. The summed E-state index contributed by atoms with van der Waals surface area (Å²) in [6.07, 6.45) is 1.68. The zero-order chi connectivity index (χ0) is 18.8. The molecule has 0 atom stereocenters. The molecule has 0 spiro atoms. The number of aromatic nitrogens is 1. The molecule has 1 heterocycles. The third-order valence-electron chi connectivity index (χ3n) is 4.81. The molecule has 1 N–H and O–H groups in total. The number of benzene rings is 3. The van der Waals surface area contributed by atoms with E-state index in [1.54, 1.807) is 18.3 Å². The van der Waals surface area contributed by atoms with Crippen molar-refractivity contribution < 1.29 is 4.79 Å². The lowest BCUT2D eigenvalue weighted by molar-refractivity contribution is 0.0955. The summed E-state index contributed by atoms with van der Waals surface area (Å²) in [5.74, 6) is -0.213. The van der Waals surface area contributed by atoms with Crippen LogP contribution in [0.15, 0.2) is 71.8 Å². The van der Waals surface area contributed by atoms with Crippen molar-refractivity contribution in [1.29, 1.82) is 0 Å². The maximum atomic E-state index is 12.1. The average Bonchev–Trinajstić information content (AvgIpc) is 3.01. The van der Waals surface area contributed by atoms with Crippen LogP contribution < -0.4 is 5.43 Å². The van der Waals surface area contributed by atoms with E-state index in [1.807, 2.05) is 25.1 Å². The first-order valence-corrected chi connectivity index (χ1v) is 9.08. The number of rotatable bonds is 4. The lowest BCUT2D eigenvalue weighted by Crippen LogP contribution is -2.17. The number of hydrogen-bond acceptors (Lipinski definition) is 2. The van der Waals surface area contributed by atoms with E-state index in [0.29, 0.717) is 5.56 Å². The fourth-order valence-corrected chi connectivity index (χ4v) is 3.43. The zero-order valence-corrected chi connectivity index (χ0v) is 15.4. The van der Waals surface area contributed by atoms with Crippen LogP contribution in [-0.2, 0) is 6.54 Å². The molecule has 1 amide bonds. The predicted molar refractivity (Wildman–Crippen MR) is 111 cm³/mol. The monoisotopic (exact) mass is 355 g/mol. The number of amides is 1. The first-order chi connectivity index (χ1) is 13.2. The zero-order valence-electron chi connectivity index (χ0n) is 15.4. The number of carbonyl (C=O) groups is 1. The molecule has 0 saturated carbocycles. The molecule has 27 heavy (non-hydrogen) atoms. The van der Waals surface area contributed by atoms with E-state index in [4.69, 9.17) is 0 Å². The van der Waals surface area contributed by atoms with Crippen LogP contribution >= 0.6 is 0 Å². The van der Waals surface area contributed by atoms with Gasteiger partial charge >= 0.3 is 0 Å². The van der Waals surface area contributed by atoms with Crippen molar-refractivity contribution in [3.05, 3.63) is 83.4 Å². The summed E-state index contributed by atoms with van der Waals surface area (Å²) in [7, 11) is 0. The maximum Gasteiger partial charge on any atom is 0.271 e.